The summed E-state index contributed by atoms with van der Waals surface area (Å²) in [7, 11) is 0. The molecule has 130 valence electrons. The van der Waals surface area contributed by atoms with Crippen molar-refractivity contribution < 1.29 is 9.59 Å². The quantitative estimate of drug-likeness (QED) is 0.915. The van der Waals surface area contributed by atoms with Gasteiger partial charge in [-0.15, -0.1) is 0 Å². The van der Waals surface area contributed by atoms with Crippen LogP contribution in [0.4, 0.5) is 11.6 Å². The first-order valence-electron chi connectivity index (χ1n) is 8.03. The Morgan fingerprint density at radius 3 is 2.52 bits per heavy atom. The fourth-order valence-electron chi connectivity index (χ4n) is 2.88. The number of hydrogen-bond donors (Lipinski definition) is 1. The molecule has 0 aliphatic carbocycles. The van der Waals surface area contributed by atoms with Crippen molar-refractivity contribution >= 4 is 35.1 Å². The molecule has 1 atom stereocenters. The molecule has 1 aromatic heterocycles. The molecule has 1 aliphatic rings. The van der Waals surface area contributed by atoms with Gasteiger partial charge in [-0.05, 0) is 44.5 Å². The van der Waals surface area contributed by atoms with Crippen LogP contribution in [0.5, 0.6) is 0 Å². The summed E-state index contributed by atoms with van der Waals surface area (Å²) in [6.07, 6.45) is 0.155. The van der Waals surface area contributed by atoms with E-state index in [9.17, 15) is 9.59 Å². The molecule has 1 N–H and O–H groups in total. The minimum Gasteiger partial charge on any atom is -0.312 e. The Morgan fingerprint density at radius 1 is 1.20 bits per heavy atom. The van der Waals surface area contributed by atoms with Crippen LogP contribution in [0.2, 0.25) is 5.02 Å². The van der Waals surface area contributed by atoms with Gasteiger partial charge in [-0.2, -0.15) is 0 Å². The predicted molar refractivity (Wildman–Crippen MR) is 96.8 cm³/mol. The van der Waals surface area contributed by atoms with E-state index in [0.29, 0.717) is 17.3 Å². The van der Waals surface area contributed by atoms with E-state index >= 15 is 0 Å². The van der Waals surface area contributed by atoms with Crippen molar-refractivity contribution in [2.24, 2.45) is 5.92 Å². The van der Waals surface area contributed by atoms with Crippen molar-refractivity contribution in [2.45, 2.75) is 27.2 Å². The number of anilines is 2. The molecule has 1 aromatic carbocycles. The van der Waals surface area contributed by atoms with E-state index in [2.05, 4.69) is 15.3 Å². The van der Waals surface area contributed by atoms with Gasteiger partial charge in [0.15, 0.2) is 0 Å². The third kappa shape index (κ3) is 3.79. The highest BCUT2D eigenvalue weighted by Crippen LogP contribution is 2.29. The van der Waals surface area contributed by atoms with E-state index in [0.717, 1.165) is 17.0 Å². The summed E-state index contributed by atoms with van der Waals surface area (Å²) in [4.78, 5) is 34.8. The monoisotopic (exact) mass is 358 g/mol. The zero-order chi connectivity index (χ0) is 18.1. The Kier molecular flexibility index (Phi) is 4.72. The summed E-state index contributed by atoms with van der Waals surface area (Å²) in [5, 5.41) is 3.31. The van der Waals surface area contributed by atoms with Crippen molar-refractivity contribution in [3.8, 4) is 0 Å². The SMILES string of the molecule is Cc1cc(C)nc(NC(=O)[C@H]2CC(=O)N(c3ccc(C)c(Cl)c3)C2)n1. The molecule has 2 amide bonds. The smallest absolute Gasteiger partial charge is 0.232 e. The molecular weight excluding hydrogens is 340 g/mol. The van der Waals surface area contributed by atoms with Crippen LogP contribution in [0, 0.1) is 26.7 Å². The number of carbonyl (C=O) groups excluding carboxylic acids is 2. The summed E-state index contributed by atoms with van der Waals surface area (Å²) in [5.74, 6) is -0.524. The zero-order valence-electron chi connectivity index (χ0n) is 14.3. The maximum Gasteiger partial charge on any atom is 0.232 e. The van der Waals surface area contributed by atoms with E-state index in [1.807, 2.05) is 39.0 Å². The Morgan fingerprint density at radius 2 is 1.88 bits per heavy atom. The topological polar surface area (TPSA) is 75.2 Å². The highest BCUT2D eigenvalue weighted by atomic mass is 35.5. The largest absolute Gasteiger partial charge is 0.312 e. The van der Waals surface area contributed by atoms with Crippen LogP contribution >= 0.6 is 11.6 Å². The molecule has 1 saturated heterocycles. The maximum atomic E-state index is 12.5. The second-order valence-corrected chi connectivity index (χ2v) is 6.71. The fraction of sp³-hybridized carbons (Fsp3) is 0.333. The third-order valence-corrected chi connectivity index (χ3v) is 4.59. The van der Waals surface area contributed by atoms with Crippen LogP contribution in [-0.4, -0.2) is 28.3 Å². The van der Waals surface area contributed by atoms with Crippen LogP contribution in [-0.2, 0) is 9.59 Å². The molecule has 0 saturated carbocycles. The molecule has 1 aliphatic heterocycles. The van der Waals surface area contributed by atoms with E-state index in [-0.39, 0.29) is 24.2 Å². The van der Waals surface area contributed by atoms with E-state index in [4.69, 9.17) is 11.6 Å². The molecule has 0 spiro atoms. The molecule has 1 fully saturated rings. The summed E-state index contributed by atoms with van der Waals surface area (Å²) in [6, 6.07) is 7.29. The minimum absolute atomic E-state index is 0.0959. The molecular formula is C18H19ClN4O2. The lowest BCUT2D eigenvalue weighted by molar-refractivity contribution is -0.122. The summed E-state index contributed by atoms with van der Waals surface area (Å²) in [6.45, 7) is 5.89. The van der Waals surface area contributed by atoms with Crippen LogP contribution in [0.25, 0.3) is 0 Å². The summed E-state index contributed by atoms with van der Waals surface area (Å²) < 4.78 is 0. The number of nitrogens with zero attached hydrogens (tertiary/aromatic N) is 3. The molecule has 2 heterocycles. The van der Waals surface area contributed by atoms with E-state index in [1.54, 1.807) is 11.0 Å². The van der Waals surface area contributed by atoms with Gasteiger partial charge in [-0.1, -0.05) is 17.7 Å². The second-order valence-electron chi connectivity index (χ2n) is 6.30. The van der Waals surface area contributed by atoms with Gasteiger partial charge in [0, 0.05) is 35.1 Å². The average molecular weight is 359 g/mol. The van der Waals surface area contributed by atoms with Crippen molar-refractivity contribution in [1.29, 1.82) is 0 Å². The summed E-state index contributed by atoms with van der Waals surface area (Å²) in [5.41, 5.74) is 3.21. The van der Waals surface area contributed by atoms with Gasteiger partial charge in [0.05, 0.1) is 5.92 Å². The third-order valence-electron chi connectivity index (χ3n) is 4.18. The first-order valence-corrected chi connectivity index (χ1v) is 8.41. The van der Waals surface area contributed by atoms with Crippen LogP contribution in [0.1, 0.15) is 23.4 Å². The van der Waals surface area contributed by atoms with Gasteiger partial charge < -0.3 is 4.90 Å². The summed E-state index contributed by atoms with van der Waals surface area (Å²) >= 11 is 6.14. The number of amides is 2. The fourth-order valence-corrected chi connectivity index (χ4v) is 3.05. The highest BCUT2D eigenvalue weighted by molar-refractivity contribution is 6.31. The number of aryl methyl sites for hydroxylation is 3. The molecule has 0 bridgehead atoms. The van der Waals surface area contributed by atoms with Crippen LogP contribution in [0.15, 0.2) is 24.3 Å². The number of aromatic nitrogens is 2. The molecule has 6 nitrogen and oxygen atoms in total. The first-order chi connectivity index (χ1) is 11.8. The second kappa shape index (κ2) is 6.80. The zero-order valence-corrected chi connectivity index (χ0v) is 15.1. The number of nitrogens with one attached hydrogen (secondary N) is 1. The molecule has 7 heteroatoms. The number of rotatable bonds is 3. The van der Waals surface area contributed by atoms with Crippen molar-refractivity contribution in [3.63, 3.8) is 0 Å². The Labute approximate surface area is 151 Å². The van der Waals surface area contributed by atoms with Gasteiger partial charge in [0.2, 0.25) is 17.8 Å². The Bertz CT molecular complexity index is 833. The van der Waals surface area contributed by atoms with Crippen LogP contribution in [0.3, 0.4) is 0 Å². The lowest BCUT2D eigenvalue weighted by Crippen LogP contribution is -2.28. The number of hydrogen-bond acceptors (Lipinski definition) is 4. The lowest BCUT2D eigenvalue weighted by Gasteiger charge is -2.17. The molecule has 25 heavy (non-hydrogen) atoms. The molecule has 2 aromatic rings. The van der Waals surface area contributed by atoms with Gasteiger partial charge in [0.25, 0.3) is 0 Å². The molecule has 0 unspecified atom stereocenters. The average Bonchev–Trinajstić information content (AvgIpc) is 2.91. The van der Waals surface area contributed by atoms with Gasteiger partial charge in [-0.25, -0.2) is 9.97 Å². The highest BCUT2D eigenvalue weighted by Gasteiger charge is 2.35. The van der Waals surface area contributed by atoms with Crippen molar-refractivity contribution in [1.82, 2.24) is 9.97 Å². The lowest BCUT2D eigenvalue weighted by atomic mass is 10.1. The van der Waals surface area contributed by atoms with E-state index in [1.165, 1.54) is 0 Å². The molecule has 0 radical (unpaired) electrons. The van der Waals surface area contributed by atoms with Gasteiger partial charge in [-0.3, -0.25) is 14.9 Å². The molecule has 3 rings (SSSR count). The Hall–Kier alpha value is -2.47. The van der Waals surface area contributed by atoms with Crippen molar-refractivity contribution in [2.75, 3.05) is 16.8 Å². The van der Waals surface area contributed by atoms with Crippen molar-refractivity contribution in [3.05, 3.63) is 46.2 Å². The Balaban J connectivity index is 1.73. The number of halogens is 1. The predicted octanol–water partition coefficient (Wildman–Crippen LogP) is 3.05. The maximum absolute atomic E-state index is 12.5. The van der Waals surface area contributed by atoms with Gasteiger partial charge >= 0.3 is 0 Å². The number of benzene rings is 1. The van der Waals surface area contributed by atoms with E-state index < -0.39 is 5.92 Å². The standard InChI is InChI=1S/C18H19ClN4O2/c1-10-4-5-14(8-15(10)19)23-9-13(7-16(23)24)17(25)22-18-20-11(2)6-12(3)21-18/h4-6,8,13H,7,9H2,1-3H3,(H,20,21,22,25)/t13-/m0/s1. The first kappa shape index (κ1) is 17.4. The number of carbonyl (C=O) groups is 2. The normalized spacial score (nSPS) is 17.0. The minimum atomic E-state index is -0.447. The van der Waals surface area contributed by atoms with Gasteiger partial charge in [0.1, 0.15) is 0 Å². The van der Waals surface area contributed by atoms with Crippen LogP contribution < -0.4 is 10.2 Å².